The summed E-state index contributed by atoms with van der Waals surface area (Å²) in [7, 11) is 1.79. The normalized spacial score (nSPS) is 18.8. The predicted octanol–water partition coefficient (Wildman–Crippen LogP) is 2.43. The van der Waals surface area contributed by atoms with Gasteiger partial charge in [0, 0.05) is 38.5 Å². The van der Waals surface area contributed by atoms with Gasteiger partial charge in [0.15, 0.2) is 0 Å². The largest absolute Gasteiger partial charge is 0.342 e. The first-order valence-corrected chi connectivity index (χ1v) is 8.33. The second-order valence-electron chi connectivity index (χ2n) is 6.69. The van der Waals surface area contributed by atoms with E-state index in [0.717, 1.165) is 31.2 Å². The Balaban J connectivity index is 1.50. The highest BCUT2D eigenvalue weighted by molar-refractivity contribution is 5.82. The van der Waals surface area contributed by atoms with Crippen molar-refractivity contribution in [1.29, 1.82) is 0 Å². The molecule has 0 unspecified atom stereocenters. The molecule has 124 valence electrons. The molecule has 0 spiro atoms. The fourth-order valence-electron chi connectivity index (χ4n) is 3.19. The molecule has 0 radical (unpaired) electrons. The van der Waals surface area contributed by atoms with Crippen LogP contribution in [0.15, 0.2) is 24.3 Å². The number of amides is 2. The SMILES string of the molecule is CN(Cc1ccc(F)cc1)C(=O)C1CCN(C(=O)C2CC2)CC1. The molecule has 0 aromatic heterocycles. The summed E-state index contributed by atoms with van der Waals surface area (Å²) in [6.45, 7) is 1.87. The van der Waals surface area contributed by atoms with E-state index >= 15 is 0 Å². The minimum atomic E-state index is -0.268. The van der Waals surface area contributed by atoms with Crippen LogP contribution in [0.1, 0.15) is 31.2 Å². The van der Waals surface area contributed by atoms with Gasteiger partial charge in [-0.1, -0.05) is 12.1 Å². The maximum Gasteiger partial charge on any atom is 0.225 e. The maximum absolute atomic E-state index is 12.9. The van der Waals surface area contributed by atoms with Crippen LogP contribution in [0, 0.1) is 17.7 Å². The number of likely N-dealkylation sites (tertiary alicyclic amines) is 1. The first-order valence-electron chi connectivity index (χ1n) is 8.33. The first kappa shape index (κ1) is 16.0. The van der Waals surface area contributed by atoms with Gasteiger partial charge in [0.05, 0.1) is 0 Å². The lowest BCUT2D eigenvalue weighted by atomic mass is 9.95. The minimum absolute atomic E-state index is 0.0105. The number of nitrogens with zero attached hydrogens (tertiary/aromatic N) is 2. The number of carbonyl (C=O) groups is 2. The minimum Gasteiger partial charge on any atom is -0.342 e. The van der Waals surface area contributed by atoms with Crippen LogP contribution in [-0.2, 0) is 16.1 Å². The number of carbonyl (C=O) groups excluding carboxylic acids is 2. The Hall–Kier alpha value is -1.91. The predicted molar refractivity (Wildman–Crippen MR) is 84.9 cm³/mol. The number of piperidine rings is 1. The third-order valence-electron chi connectivity index (χ3n) is 4.79. The fraction of sp³-hybridized carbons (Fsp3) is 0.556. The maximum atomic E-state index is 12.9. The molecule has 1 heterocycles. The van der Waals surface area contributed by atoms with Crippen molar-refractivity contribution in [2.75, 3.05) is 20.1 Å². The van der Waals surface area contributed by atoms with Crippen LogP contribution in [0.25, 0.3) is 0 Å². The van der Waals surface area contributed by atoms with Gasteiger partial charge in [-0.05, 0) is 43.4 Å². The highest BCUT2D eigenvalue weighted by Crippen LogP contribution is 2.32. The second kappa shape index (κ2) is 6.69. The molecule has 1 saturated heterocycles. The van der Waals surface area contributed by atoms with Crippen molar-refractivity contribution in [1.82, 2.24) is 9.80 Å². The van der Waals surface area contributed by atoms with E-state index in [4.69, 9.17) is 0 Å². The summed E-state index contributed by atoms with van der Waals surface area (Å²) >= 11 is 0. The van der Waals surface area contributed by atoms with Crippen molar-refractivity contribution in [2.24, 2.45) is 11.8 Å². The molecule has 2 aliphatic rings. The quantitative estimate of drug-likeness (QED) is 0.855. The van der Waals surface area contributed by atoms with Crippen molar-refractivity contribution in [3.63, 3.8) is 0 Å². The zero-order valence-corrected chi connectivity index (χ0v) is 13.5. The molecular formula is C18H23FN2O2. The Kier molecular flexibility index (Phi) is 4.64. The Morgan fingerprint density at radius 1 is 1.09 bits per heavy atom. The van der Waals surface area contributed by atoms with Crippen molar-refractivity contribution < 1.29 is 14.0 Å². The molecule has 4 nitrogen and oxygen atoms in total. The summed E-state index contributed by atoms with van der Waals surface area (Å²) < 4.78 is 12.9. The fourth-order valence-corrected chi connectivity index (χ4v) is 3.19. The van der Waals surface area contributed by atoms with Gasteiger partial charge in [-0.2, -0.15) is 0 Å². The Bertz CT molecular complexity index is 575. The summed E-state index contributed by atoms with van der Waals surface area (Å²) in [6, 6.07) is 6.23. The molecule has 2 fully saturated rings. The van der Waals surface area contributed by atoms with Gasteiger partial charge < -0.3 is 9.80 Å². The summed E-state index contributed by atoms with van der Waals surface area (Å²) in [4.78, 5) is 28.2. The van der Waals surface area contributed by atoms with Crippen molar-refractivity contribution in [2.45, 2.75) is 32.2 Å². The van der Waals surface area contributed by atoms with E-state index in [0.29, 0.717) is 19.6 Å². The number of benzene rings is 1. The van der Waals surface area contributed by atoms with Crippen LogP contribution in [0.5, 0.6) is 0 Å². The monoisotopic (exact) mass is 318 g/mol. The van der Waals surface area contributed by atoms with Crippen molar-refractivity contribution in [3.8, 4) is 0 Å². The van der Waals surface area contributed by atoms with E-state index < -0.39 is 0 Å². The lowest BCUT2D eigenvalue weighted by molar-refractivity contribution is -0.140. The van der Waals surface area contributed by atoms with Gasteiger partial charge in [0.2, 0.25) is 11.8 Å². The topological polar surface area (TPSA) is 40.6 Å². The van der Waals surface area contributed by atoms with Crippen LogP contribution < -0.4 is 0 Å². The Labute approximate surface area is 136 Å². The lowest BCUT2D eigenvalue weighted by Gasteiger charge is -2.33. The molecule has 5 heteroatoms. The van der Waals surface area contributed by atoms with E-state index in [2.05, 4.69) is 0 Å². The average Bonchev–Trinajstić information content (AvgIpc) is 3.41. The molecule has 2 amide bonds. The van der Waals surface area contributed by atoms with Gasteiger partial charge in [0.1, 0.15) is 5.82 Å². The summed E-state index contributed by atoms with van der Waals surface area (Å²) in [5.74, 6) is 0.367. The highest BCUT2D eigenvalue weighted by Gasteiger charge is 2.36. The highest BCUT2D eigenvalue weighted by atomic mass is 19.1. The zero-order valence-electron chi connectivity index (χ0n) is 13.5. The van der Waals surface area contributed by atoms with Gasteiger partial charge in [0.25, 0.3) is 0 Å². The molecular weight excluding hydrogens is 295 g/mol. The van der Waals surface area contributed by atoms with Gasteiger partial charge in [-0.3, -0.25) is 9.59 Å². The molecule has 1 saturated carbocycles. The second-order valence-corrected chi connectivity index (χ2v) is 6.69. The average molecular weight is 318 g/mol. The van der Waals surface area contributed by atoms with Gasteiger partial charge >= 0.3 is 0 Å². The zero-order chi connectivity index (χ0) is 16.4. The first-order chi connectivity index (χ1) is 11.0. The van der Waals surface area contributed by atoms with Crippen molar-refractivity contribution >= 4 is 11.8 Å². The van der Waals surface area contributed by atoms with Gasteiger partial charge in [-0.25, -0.2) is 4.39 Å². The van der Waals surface area contributed by atoms with E-state index in [9.17, 15) is 14.0 Å². The molecule has 0 N–H and O–H groups in total. The number of hydrogen-bond donors (Lipinski definition) is 0. The summed E-state index contributed by atoms with van der Waals surface area (Å²) in [5.41, 5.74) is 0.920. The molecule has 1 aromatic carbocycles. The van der Waals surface area contributed by atoms with Crippen molar-refractivity contribution in [3.05, 3.63) is 35.6 Å². The summed E-state index contributed by atoms with van der Waals surface area (Å²) in [6.07, 6.45) is 3.53. The molecule has 3 rings (SSSR count). The molecule has 1 aliphatic heterocycles. The van der Waals surface area contributed by atoms with E-state index in [1.807, 2.05) is 4.90 Å². The molecule has 23 heavy (non-hydrogen) atoms. The lowest BCUT2D eigenvalue weighted by Crippen LogP contribution is -2.43. The molecule has 1 aromatic rings. The van der Waals surface area contributed by atoms with Crippen LogP contribution in [-0.4, -0.2) is 41.8 Å². The van der Waals surface area contributed by atoms with E-state index in [1.54, 1.807) is 24.1 Å². The molecule has 0 bridgehead atoms. The van der Waals surface area contributed by atoms with Crippen LogP contribution >= 0.6 is 0 Å². The summed E-state index contributed by atoms with van der Waals surface area (Å²) in [5, 5.41) is 0. The third kappa shape index (κ3) is 3.89. The molecule has 0 atom stereocenters. The number of halogens is 1. The van der Waals surface area contributed by atoms with Crippen LogP contribution in [0.2, 0.25) is 0 Å². The van der Waals surface area contributed by atoms with Crippen LogP contribution in [0.4, 0.5) is 4.39 Å². The van der Waals surface area contributed by atoms with E-state index in [-0.39, 0.29) is 29.5 Å². The Morgan fingerprint density at radius 2 is 1.70 bits per heavy atom. The third-order valence-corrected chi connectivity index (χ3v) is 4.79. The number of rotatable bonds is 4. The number of hydrogen-bond acceptors (Lipinski definition) is 2. The smallest absolute Gasteiger partial charge is 0.225 e. The van der Waals surface area contributed by atoms with E-state index in [1.165, 1.54) is 12.1 Å². The van der Waals surface area contributed by atoms with Gasteiger partial charge in [-0.15, -0.1) is 0 Å². The standard InChI is InChI=1S/C18H23FN2O2/c1-20(12-13-2-6-16(19)7-3-13)17(22)15-8-10-21(11-9-15)18(23)14-4-5-14/h2-3,6-7,14-15H,4-5,8-12H2,1H3. The van der Waals surface area contributed by atoms with Crippen LogP contribution in [0.3, 0.4) is 0 Å². The molecule has 1 aliphatic carbocycles. The Morgan fingerprint density at radius 3 is 2.26 bits per heavy atom.